The summed E-state index contributed by atoms with van der Waals surface area (Å²) in [4.78, 5) is 11.2. The van der Waals surface area contributed by atoms with Crippen LogP contribution in [0.2, 0.25) is 0 Å². The molecule has 3 aromatic rings. The first-order valence-corrected chi connectivity index (χ1v) is 6.98. The van der Waals surface area contributed by atoms with Crippen LogP contribution in [0.1, 0.15) is 5.56 Å². The number of non-ortho nitro benzene ring substituents is 1. The molecular weight excluding hydrogens is 294 g/mol. The monoisotopic (exact) mass is 307 g/mol. The summed E-state index contributed by atoms with van der Waals surface area (Å²) in [5, 5.41) is 28.4. The van der Waals surface area contributed by atoms with Crippen molar-refractivity contribution in [1.82, 2.24) is 0 Å². The summed E-state index contributed by atoms with van der Waals surface area (Å²) in [5.74, 6) is 0. The Labute approximate surface area is 132 Å². The maximum Gasteiger partial charge on any atom is 0.277 e. The Hall–Kier alpha value is -3.28. The second kappa shape index (κ2) is 5.84. The molecule has 0 aliphatic carbocycles. The third-order valence-electron chi connectivity index (χ3n) is 3.50. The van der Waals surface area contributed by atoms with E-state index in [0.717, 1.165) is 5.56 Å². The molecule has 0 heterocycles. The highest BCUT2D eigenvalue weighted by atomic mass is 16.6. The van der Waals surface area contributed by atoms with E-state index in [1.165, 1.54) is 12.1 Å². The third kappa shape index (κ3) is 2.87. The molecule has 0 unspecified atom stereocenters. The van der Waals surface area contributed by atoms with Crippen LogP contribution in [0.3, 0.4) is 0 Å². The Bertz CT molecular complexity index is 935. The van der Waals surface area contributed by atoms with Gasteiger partial charge in [0.1, 0.15) is 5.69 Å². The molecule has 6 nitrogen and oxygen atoms in total. The van der Waals surface area contributed by atoms with Crippen LogP contribution in [0.4, 0.5) is 17.1 Å². The van der Waals surface area contributed by atoms with Gasteiger partial charge in [-0.25, -0.2) is 0 Å². The van der Waals surface area contributed by atoms with Crippen molar-refractivity contribution in [3.8, 4) is 0 Å². The number of azo groups is 1. The van der Waals surface area contributed by atoms with E-state index in [0.29, 0.717) is 27.0 Å². The van der Waals surface area contributed by atoms with E-state index in [-0.39, 0.29) is 5.69 Å². The van der Waals surface area contributed by atoms with Gasteiger partial charge in [-0.1, -0.05) is 35.2 Å². The Kier molecular flexibility index (Phi) is 3.72. The number of nitro benzene ring substituents is 1. The average Bonchev–Trinajstić information content (AvgIpc) is 2.54. The fourth-order valence-corrected chi connectivity index (χ4v) is 2.42. The molecule has 114 valence electrons. The molecule has 0 spiro atoms. The fourth-order valence-electron chi connectivity index (χ4n) is 2.42. The summed E-state index contributed by atoms with van der Waals surface area (Å²) in [5.41, 5.74) is 1.75. The van der Waals surface area contributed by atoms with Gasteiger partial charge in [0, 0.05) is 28.7 Å². The normalized spacial score (nSPS) is 11.6. The van der Waals surface area contributed by atoms with Gasteiger partial charge in [-0.2, -0.15) is 0 Å². The quantitative estimate of drug-likeness (QED) is 0.296. The highest BCUT2D eigenvalue weighted by Crippen LogP contribution is 2.33. The van der Waals surface area contributed by atoms with Gasteiger partial charge in [-0.3, -0.25) is 10.1 Å². The third-order valence-corrected chi connectivity index (χ3v) is 3.50. The van der Waals surface area contributed by atoms with Crippen molar-refractivity contribution in [1.29, 1.82) is 0 Å². The molecule has 23 heavy (non-hydrogen) atoms. The Balaban J connectivity index is 2.16. The van der Waals surface area contributed by atoms with Crippen molar-refractivity contribution in [3.05, 3.63) is 81.5 Å². The molecule has 0 aromatic heterocycles. The van der Waals surface area contributed by atoms with E-state index in [1.807, 2.05) is 13.0 Å². The largest absolute Gasteiger partial charge is 0.594 e. The Morgan fingerprint density at radius 1 is 0.913 bits per heavy atom. The van der Waals surface area contributed by atoms with Crippen molar-refractivity contribution in [2.45, 2.75) is 6.92 Å². The van der Waals surface area contributed by atoms with Gasteiger partial charge in [0.15, 0.2) is 0 Å². The number of benzene rings is 3. The van der Waals surface area contributed by atoms with Crippen LogP contribution in [-0.2, 0) is 0 Å². The summed E-state index contributed by atoms with van der Waals surface area (Å²) in [7, 11) is 0. The molecular formula is C17H13N3O3. The van der Waals surface area contributed by atoms with Gasteiger partial charge < -0.3 is 5.21 Å². The number of rotatable bonds is 3. The van der Waals surface area contributed by atoms with E-state index in [9.17, 15) is 15.3 Å². The molecule has 0 atom stereocenters. The van der Waals surface area contributed by atoms with E-state index < -0.39 is 4.92 Å². The lowest BCUT2D eigenvalue weighted by Crippen LogP contribution is -1.92. The molecule has 0 fully saturated rings. The lowest BCUT2D eigenvalue weighted by molar-refractivity contribution is -0.435. The molecule has 0 saturated carbocycles. The zero-order valence-corrected chi connectivity index (χ0v) is 12.3. The van der Waals surface area contributed by atoms with Crippen LogP contribution in [0.15, 0.2) is 65.8 Å². The second-order valence-corrected chi connectivity index (χ2v) is 5.12. The van der Waals surface area contributed by atoms with Crippen LogP contribution >= 0.6 is 0 Å². The van der Waals surface area contributed by atoms with Crippen LogP contribution in [0.5, 0.6) is 0 Å². The number of nitrogens with zero attached hydrogens (tertiary/aromatic N) is 3. The first-order valence-electron chi connectivity index (χ1n) is 6.98. The molecule has 3 rings (SSSR count). The van der Waals surface area contributed by atoms with E-state index in [1.54, 1.807) is 42.5 Å². The molecule has 0 aliphatic rings. The minimum atomic E-state index is -0.443. The van der Waals surface area contributed by atoms with Crippen molar-refractivity contribution in [2.24, 2.45) is 5.11 Å². The molecule has 0 bridgehead atoms. The maximum absolute atomic E-state index is 12.2. The lowest BCUT2D eigenvalue weighted by atomic mass is 10.1. The minimum absolute atomic E-state index is 0.00689. The molecule has 0 saturated heterocycles. The first kappa shape index (κ1) is 14.6. The summed E-state index contributed by atoms with van der Waals surface area (Å²) in [6.07, 6.45) is 0. The first-order chi connectivity index (χ1) is 11.1. The highest BCUT2D eigenvalue weighted by Gasteiger charge is 2.15. The molecule has 3 aromatic carbocycles. The summed E-state index contributed by atoms with van der Waals surface area (Å²) >= 11 is 0. The molecule has 0 N–H and O–H groups in total. The second-order valence-electron chi connectivity index (χ2n) is 5.12. The number of aryl methyl sites for hydroxylation is 1. The number of hydrogen-bond acceptors (Lipinski definition) is 4. The molecule has 0 radical (unpaired) electrons. The number of hydrogen-bond donors (Lipinski definition) is 0. The van der Waals surface area contributed by atoms with E-state index >= 15 is 0 Å². The Morgan fingerprint density at radius 3 is 2.35 bits per heavy atom. The fraction of sp³-hybridized carbons (Fsp3) is 0.0588. The predicted octanol–water partition coefficient (Wildman–Crippen LogP) is 4.98. The number of nitro groups is 1. The van der Waals surface area contributed by atoms with Gasteiger partial charge >= 0.3 is 0 Å². The van der Waals surface area contributed by atoms with Crippen LogP contribution < -0.4 is 0 Å². The average molecular weight is 307 g/mol. The lowest BCUT2D eigenvalue weighted by Gasteiger charge is -2.04. The summed E-state index contributed by atoms with van der Waals surface area (Å²) in [6.45, 7) is 1.89. The Morgan fingerprint density at radius 2 is 1.65 bits per heavy atom. The van der Waals surface area contributed by atoms with Gasteiger partial charge in [-0.15, -0.1) is 0 Å². The van der Waals surface area contributed by atoms with Gasteiger partial charge in [0.2, 0.25) is 5.69 Å². The standard InChI is InChI=1S/C17H13N3O3/c1-12-5-4-6-13(11-12)19(21)18-16-9-10-17(20(22)23)15-8-3-2-7-14(15)16/h2-11H,1H3. The summed E-state index contributed by atoms with van der Waals surface area (Å²) < 4.78 is 0. The molecule has 0 aliphatic heterocycles. The van der Waals surface area contributed by atoms with Gasteiger partial charge in [0.25, 0.3) is 5.69 Å². The van der Waals surface area contributed by atoms with Gasteiger partial charge in [0.05, 0.1) is 10.3 Å². The highest BCUT2D eigenvalue weighted by molar-refractivity contribution is 5.98. The smallest absolute Gasteiger partial charge is 0.277 e. The van der Waals surface area contributed by atoms with E-state index in [2.05, 4.69) is 5.11 Å². The molecule has 6 heteroatoms. The van der Waals surface area contributed by atoms with Crippen LogP contribution in [0, 0.1) is 22.2 Å². The van der Waals surface area contributed by atoms with Crippen molar-refractivity contribution < 1.29 is 9.78 Å². The van der Waals surface area contributed by atoms with Crippen molar-refractivity contribution >= 4 is 27.8 Å². The SMILES string of the molecule is Cc1cccc([N+]([O-])=Nc2ccc([N+](=O)[O-])c3ccccc23)c1. The van der Waals surface area contributed by atoms with Gasteiger partial charge in [-0.05, 0) is 24.6 Å². The van der Waals surface area contributed by atoms with Crippen molar-refractivity contribution in [3.63, 3.8) is 0 Å². The van der Waals surface area contributed by atoms with Crippen LogP contribution in [-0.4, -0.2) is 9.78 Å². The van der Waals surface area contributed by atoms with E-state index in [4.69, 9.17) is 0 Å². The zero-order chi connectivity index (χ0) is 16.4. The maximum atomic E-state index is 12.2. The zero-order valence-electron chi connectivity index (χ0n) is 12.3. The number of fused-ring (bicyclic) bond motifs is 1. The minimum Gasteiger partial charge on any atom is -0.594 e. The van der Waals surface area contributed by atoms with Crippen LogP contribution in [0.25, 0.3) is 10.8 Å². The summed E-state index contributed by atoms with van der Waals surface area (Å²) in [6, 6.07) is 16.7. The van der Waals surface area contributed by atoms with Crippen molar-refractivity contribution in [2.75, 3.05) is 0 Å². The predicted molar refractivity (Wildman–Crippen MR) is 87.2 cm³/mol. The molecule has 0 amide bonds. The topological polar surface area (TPSA) is 81.6 Å².